The first-order chi connectivity index (χ1) is 8.00. The van der Waals surface area contributed by atoms with Crippen LogP contribution in [0.4, 0.5) is 5.69 Å². The van der Waals surface area contributed by atoms with Gasteiger partial charge in [-0.3, -0.25) is 9.98 Å². The first kappa shape index (κ1) is 10.5. The van der Waals surface area contributed by atoms with Crippen LogP contribution in [0.1, 0.15) is 32.0 Å². The number of hydrogen-bond acceptors (Lipinski definition) is 2. The number of aliphatic imine (C=N–C) groups is 1. The highest BCUT2D eigenvalue weighted by Crippen LogP contribution is 2.43. The Morgan fingerprint density at radius 1 is 1.00 bits per heavy atom. The van der Waals surface area contributed by atoms with Gasteiger partial charge < -0.3 is 0 Å². The molecule has 2 nitrogen and oxygen atoms in total. The van der Waals surface area contributed by atoms with Crippen LogP contribution in [0.5, 0.6) is 0 Å². The number of hydrogen-bond donors (Lipinski definition) is 0. The highest BCUT2D eigenvalue weighted by molar-refractivity contribution is 6.05. The van der Waals surface area contributed by atoms with E-state index in [1.807, 2.05) is 13.0 Å². The molecule has 86 valence electrons. The molecule has 0 aliphatic carbocycles. The number of benzene rings is 1. The van der Waals surface area contributed by atoms with E-state index in [-0.39, 0.29) is 5.41 Å². The Hall–Kier alpha value is -1.70. The summed E-state index contributed by atoms with van der Waals surface area (Å²) in [5.74, 6) is 0. The molecule has 0 unspecified atom stereocenters. The van der Waals surface area contributed by atoms with E-state index in [1.165, 1.54) is 16.7 Å². The van der Waals surface area contributed by atoms with Gasteiger partial charge in [0, 0.05) is 22.2 Å². The van der Waals surface area contributed by atoms with Crippen LogP contribution in [-0.4, -0.2) is 10.7 Å². The topological polar surface area (TPSA) is 25.2 Å². The number of pyridine rings is 1. The van der Waals surface area contributed by atoms with Gasteiger partial charge in [-0.15, -0.1) is 0 Å². The first-order valence-electron chi connectivity index (χ1n) is 5.97. The minimum atomic E-state index is 0.0367. The second-order valence-electron chi connectivity index (χ2n) is 5.31. The van der Waals surface area contributed by atoms with Crippen LogP contribution in [0, 0.1) is 6.92 Å². The van der Waals surface area contributed by atoms with Crippen molar-refractivity contribution in [1.82, 2.24) is 4.98 Å². The predicted molar refractivity (Wildman–Crippen MR) is 72.3 cm³/mol. The summed E-state index contributed by atoms with van der Waals surface area (Å²) in [6, 6.07) is 8.50. The fourth-order valence-corrected chi connectivity index (χ4v) is 2.39. The molecule has 1 aliphatic rings. The molecular formula is C15H16N2. The molecule has 0 amide bonds. The van der Waals surface area contributed by atoms with Gasteiger partial charge in [0.15, 0.2) is 0 Å². The Labute approximate surface area is 101 Å². The van der Waals surface area contributed by atoms with Gasteiger partial charge >= 0.3 is 0 Å². The zero-order chi connectivity index (χ0) is 12.2. The lowest BCUT2D eigenvalue weighted by Gasteiger charge is -2.19. The average Bonchev–Trinajstić information content (AvgIpc) is 2.51. The number of aromatic nitrogens is 1. The summed E-state index contributed by atoms with van der Waals surface area (Å²) in [7, 11) is 0. The van der Waals surface area contributed by atoms with E-state index in [0.717, 1.165) is 16.9 Å². The summed E-state index contributed by atoms with van der Waals surface area (Å²) in [6.45, 7) is 8.57. The molecule has 2 heterocycles. The molecular weight excluding hydrogens is 208 g/mol. The van der Waals surface area contributed by atoms with Crippen molar-refractivity contribution in [3.05, 3.63) is 35.5 Å². The highest BCUT2D eigenvalue weighted by atomic mass is 14.9. The monoisotopic (exact) mass is 224 g/mol. The maximum absolute atomic E-state index is 4.73. The Balaban J connectivity index is 2.42. The normalized spacial score (nSPS) is 17.1. The van der Waals surface area contributed by atoms with Crippen molar-refractivity contribution in [1.29, 1.82) is 0 Å². The molecule has 0 spiro atoms. The molecule has 0 radical (unpaired) electrons. The van der Waals surface area contributed by atoms with Gasteiger partial charge in [-0.2, -0.15) is 0 Å². The second-order valence-corrected chi connectivity index (χ2v) is 5.31. The quantitative estimate of drug-likeness (QED) is 0.665. The number of nitrogens with zero attached hydrogens (tertiary/aromatic N) is 2. The van der Waals surface area contributed by atoms with E-state index in [0.29, 0.717) is 0 Å². The third-order valence-electron chi connectivity index (χ3n) is 3.83. The Kier molecular flexibility index (Phi) is 1.94. The zero-order valence-corrected chi connectivity index (χ0v) is 10.7. The fourth-order valence-electron chi connectivity index (χ4n) is 2.39. The van der Waals surface area contributed by atoms with Crippen LogP contribution in [0.2, 0.25) is 0 Å². The molecule has 0 saturated heterocycles. The van der Waals surface area contributed by atoms with Crippen LogP contribution in [0.25, 0.3) is 10.9 Å². The summed E-state index contributed by atoms with van der Waals surface area (Å²) in [4.78, 5) is 9.37. The van der Waals surface area contributed by atoms with E-state index >= 15 is 0 Å². The maximum atomic E-state index is 4.73. The van der Waals surface area contributed by atoms with Gasteiger partial charge in [0.05, 0.1) is 11.2 Å². The molecule has 3 rings (SSSR count). The van der Waals surface area contributed by atoms with Crippen molar-refractivity contribution in [2.24, 2.45) is 4.99 Å². The van der Waals surface area contributed by atoms with Gasteiger partial charge in [-0.1, -0.05) is 32.0 Å². The molecule has 0 atom stereocenters. The van der Waals surface area contributed by atoms with E-state index < -0.39 is 0 Å². The summed E-state index contributed by atoms with van der Waals surface area (Å²) < 4.78 is 0. The van der Waals surface area contributed by atoms with Crippen molar-refractivity contribution in [3.8, 4) is 0 Å². The first-order valence-corrected chi connectivity index (χ1v) is 5.97. The molecule has 0 saturated carbocycles. The maximum Gasteiger partial charge on any atom is 0.0964 e. The molecule has 1 aliphatic heterocycles. The third kappa shape index (κ3) is 1.33. The lowest BCUT2D eigenvalue weighted by atomic mass is 9.82. The molecule has 0 N–H and O–H groups in total. The molecule has 17 heavy (non-hydrogen) atoms. The molecule has 1 aromatic heterocycles. The summed E-state index contributed by atoms with van der Waals surface area (Å²) in [5, 5.41) is 1.17. The van der Waals surface area contributed by atoms with Crippen molar-refractivity contribution in [3.63, 3.8) is 0 Å². The third-order valence-corrected chi connectivity index (χ3v) is 3.83. The van der Waals surface area contributed by atoms with Gasteiger partial charge in [-0.05, 0) is 25.5 Å². The van der Waals surface area contributed by atoms with Crippen LogP contribution in [0.3, 0.4) is 0 Å². The van der Waals surface area contributed by atoms with E-state index in [1.54, 1.807) is 0 Å². The van der Waals surface area contributed by atoms with Gasteiger partial charge in [0.25, 0.3) is 0 Å². The Morgan fingerprint density at radius 2 is 1.71 bits per heavy atom. The summed E-state index contributed by atoms with van der Waals surface area (Å²) in [6.07, 6.45) is 0. The Morgan fingerprint density at radius 3 is 2.47 bits per heavy atom. The van der Waals surface area contributed by atoms with Crippen molar-refractivity contribution < 1.29 is 0 Å². The molecule has 0 fully saturated rings. The minimum Gasteiger partial charge on any atom is -0.255 e. The molecule has 2 heteroatoms. The second kappa shape index (κ2) is 3.16. The largest absolute Gasteiger partial charge is 0.255 e. The number of fused-ring (bicyclic) bond motifs is 3. The fraction of sp³-hybridized carbons (Fsp3) is 0.333. The zero-order valence-electron chi connectivity index (χ0n) is 10.7. The van der Waals surface area contributed by atoms with Gasteiger partial charge in [0.1, 0.15) is 0 Å². The van der Waals surface area contributed by atoms with Crippen LogP contribution in [-0.2, 0) is 5.41 Å². The lowest BCUT2D eigenvalue weighted by molar-refractivity contribution is 0.734. The van der Waals surface area contributed by atoms with E-state index in [2.05, 4.69) is 44.0 Å². The van der Waals surface area contributed by atoms with E-state index in [4.69, 9.17) is 4.99 Å². The average molecular weight is 224 g/mol. The lowest BCUT2D eigenvalue weighted by Crippen LogP contribution is -2.22. The van der Waals surface area contributed by atoms with Crippen molar-refractivity contribution in [2.45, 2.75) is 33.1 Å². The van der Waals surface area contributed by atoms with Crippen molar-refractivity contribution >= 4 is 22.3 Å². The number of rotatable bonds is 0. The summed E-state index contributed by atoms with van der Waals surface area (Å²) >= 11 is 0. The molecule has 0 bridgehead atoms. The SMILES string of the molecule is CC1=Nc2c(ccc3ccc(C)nc23)C1(C)C. The predicted octanol–water partition coefficient (Wildman–Crippen LogP) is 3.93. The van der Waals surface area contributed by atoms with E-state index in [9.17, 15) is 0 Å². The van der Waals surface area contributed by atoms with Gasteiger partial charge in [0.2, 0.25) is 0 Å². The minimum absolute atomic E-state index is 0.0367. The summed E-state index contributed by atoms with van der Waals surface area (Å²) in [5.41, 5.74) is 5.64. The standard InChI is InChI=1S/C15H16N2/c1-9-5-6-11-7-8-12-14(13(11)16-9)17-10(2)15(12,3)4/h5-8H,1-4H3. The van der Waals surface area contributed by atoms with Crippen LogP contribution >= 0.6 is 0 Å². The van der Waals surface area contributed by atoms with Crippen molar-refractivity contribution in [2.75, 3.05) is 0 Å². The van der Waals surface area contributed by atoms with Crippen LogP contribution < -0.4 is 0 Å². The van der Waals surface area contributed by atoms with Gasteiger partial charge in [-0.25, -0.2) is 0 Å². The molecule has 1 aromatic carbocycles. The number of aryl methyl sites for hydroxylation is 1. The molecule has 2 aromatic rings. The smallest absolute Gasteiger partial charge is 0.0964 e. The highest BCUT2D eigenvalue weighted by Gasteiger charge is 2.33. The van der Waals surface area contributed by atoms with Crippen LogP contribution in [0.15, 0.2) is 29.3 Å². The Bertz CT molecular complexity index is 651.